The van der Waals surface area contributed by atoms with Crippen LogP contribution in [0.5, 0.6) is 11.5 Å². The summed E-state index contributed by atoms with van der Waals surface area (Å²) in [7, 11) is 1.63. The summed E-state index contributed by atoms with van der Waals surface area (Å²) in [6, 6.07) is 14.6. The van der Waals surface area contributed by atoms with Gasteiger partial charge in [-0.15, -0.1) is 0 Å². The normalized spacial score (nSPS) is 23.7. The molecule has 3 amide bonds. The zero-order valence-electron chi connectivity index (χ0n) is 19.9. The Bertz CT molecular complexity index is 1120. The Hall–Kier alpha value is -3.39. The summed E-state index contributed by atoms with van der Waals surface area (Å²) in [6.45, 7) is 1.38. The van der Waals surface area contributed by atoms with Crippen molar-refractivity contribution in [2.75, 3.05) is 27.1 Å². The lowest BCUT2D eigenvalue weighted by molar-refractivity contribution is -0.144. The monoisotopic (exact) mass is 478 g/mol. The van der Waals surface area contributed by atoms with E-state index in [1.807, 2.05) is 41.3 Å². The van der Waals surface area contributed by atoms with Gasteiger partial charge in [0.25, 0.3) is 0 Å². The number of piperidine rings is 1. The number of carbonyl (C=O) groups excluding carboxylic acids is 3. The van der Waals surface area contributed by atoms with Crippen molar-refractivity contribution in [3.05, 3.63) is 59.7 Å². The highest BCUT2D eigenvalue weighted by atomic mass is 16.7. The van der Waals surface area contributed by atoms with Crippen molar-refractivity contribution in [1.82, 2.24) is 9.80 Å². The summed E-state index contributed by atoms with van der Waals surface area (Å²) in [5.41, 5.74) is 0.239. The van der Waals surface area contributed by atoms with Gasteiger partial charge in [0, 0.05) is 26.5 Å². The number of ether oxygens (including phenoxy) is 3. The number of carbonyl (C=O) groups is 3. The maximum atomic E-state index is 14.0. The molecule has 8 heteroatoms. The number of likely N-dealkylation sites (tertiary alicyclic amines) is 2. The molecule has 35 heavy (non-hydrogen) atoms. The van der Waals surface area contributed by atoms with Crippen LogP contribution in [-0.4, -0.2) is 60.6 Å². The zero-order valence-corrected chi connectivity index (χ0v) is 19.9. The van der Waals surface area contributed by atoms with Crippen LogP contribution in [0.25, 0.3) is 0 Å². The SMILES string of the molecule is COC[C@@H]1CCCCN1C(=O)C[C@@]1(c2ccccc2)CC(=O)N(Cc2ccc3c(c2)OCO3)C1=O. The lowest BCUT2D eigenvalue weighted by Gasteiger charge is -2.37. The smallest absolute Gasteiger partial charge is 0.241 e. The van der Waals surface area contributed by atoms with E-state index in [1.54, 1.807) is 19.2 Å². The van der Waals surface area contributed by atoms with Crippen LogP contribution in [0.2, 0.25) is 0 Å². The van der Waals surface area contributed by atoms with Crippen LogP contribution in [0.1, 0.15) is 43.2 Å². The molecule has 3 aliphatic heterocycles. The molecular weight excluding hydrogens is 448 g/mol. The first-order valence-corrected chi connectivity index (χ1v) is 12.1. The number of methoxy groups -OCH3 is 1. The molecule has 2 fully saturated rings. The van der Waals surface area contributed by atoms with Gasteiger partial charge in [0.1, 0.15) is 0 Å². The van der Waals surface area contributed by atoms with Gasteiger partial charge in [-0.2, -0.15) is 0 Å². The summed E-state index contributed by atoms with van der Waals surface area (Å²) in [5, 5.41) is 0. The molecule has 184 valence electrons. The highest BCUT2D eigenvalue weighted by molar-refractivity contribution is 6.10. The van der Waals surface area contributed by atoms with Gasteiger partial charge < -0.3 is 19.1 Å². The number of fused-ring (bicyclic) bond motifs is 1. The number of amides is 3. The van der Waals surface area contributed by atoms with Gasteiger partial charge in [-0.1, -0.05) is 36.4 Å². The van der Waals surface area contributed by atoms with Crippen LogP contribution in [0, 0.1) is 0 Å². The molecule has 2 saturated heterocycles. The standard InChI is InChI=1S/C27H30N2O6/c1-33-17-21-9-5-6-12-28(21)24(30)14-27(20-7-3-2-4-8-20)15-25(31)29(26(27)32)16-19-10-11-22-23(13-19)35-18-34-22/h2-4,7-8,10-11,13,21H,5-6,9,12,14-18H2,1H3/t21-,27-/m0/s1. The molecule has 5 rings (SSSR count). The maximum absolute atomic E-state index is 14.0. The summed E-state index contributed by atoms with van der Waals surface area (Å²) >= 11 is 0. The van der Waals surface area contributed by atoms with Crippen molar-refractivity contribution in [2.24, 2.45) is 0 Å². The molecule has 2 aromatic carbocycles. The lowest BCUT2D eigenvalue weighted by Crippen LogP contribution is -2.49. The molecule has 0 bridgehead atoms. The van der Waals surface area contributed by atoms with Crippen LogP contribution in [-0.2, 0) is 31.1 Å². The number of imide groups is 1. The average molecular weight is 479 g/mol. The number of benzene rings is 2. The van der Waals surface area contributed by atoms with E-state index in [9.17, 15) is 14.4 Å². The fourth-order valence-corrected chi connectivity index (χ4v) is 5.46. The number of hydrogen-bond acceptors (Lipinski definition) is 6. The van der Waals surface area contributed by atoms with E-state index in [0.717, 1.165) is 24.8 Å². The minimum Gasteiger partial charge on any atom is -0.454 e. The van der Waals surface area contributed by atoms with Crippen molar-refractivity contribution >= 4 is 17.7 Å². The second-order valence-electron chi connectivity index (χ2n) is 9.47. The van der Waals surface area contributed by atoms with E-state index in [-0.39, 0.29) is 49.9 Å². The zero-order chi connectivity index (χ0) is 24.4. The molecule has 2 aromatic rings. The molecule has 0 radical (unpaired) electrons. The van der Waals surface area contributed by atoms with Crippen molar-refractivity contribution < 1.29 is 28.6 Å². The van der Waals surface area contributed by atoms with Crippen LogP contribution in [0.4, 0.5) is 0 Å². The Morgan fingerprint density at radius 3 is 2.69 bits per heavy atom. The molecule has 0 aliphatic carbocycles. The largest absolute Gasteiger partial charge is 0.454 e. The first kappa shape index (κ1) is 23.4. The highest BCUT2D eigenvalue weighted by Crippen LogP contribution is 2.42. The third-order valence-electron chi connectivity index (χ3n) is 7.27. The first-order valence-electron chi connectivity index (χ1n) is 12.1. The van der Waals surface area contributed by atoms with E-state index in [1.165, 1.54) is 4.90 Å². The van der Waals surface area contributed by atoms with E-state index in [4.69, 9.17) is 14.2 Å². The summed E-state index contributed by atoms with van der Waals surface area (Å²) in [4.78, 5) is 43.9. The lowest BCUT2D eigenvalue weighted by atomic mass is 9.75. The topological polar surface area (TPSA) is 85.4 Å². The number of rotatable bonds is 7. The van der Waals surface area contributed by atoms with Gasteiger partial charge in [0.2, 0.25) is 24.5 Å². The second kappa shape index (κ2) is 9.70. The minimum atomic E-state index is -1.22. The van der Waals surface area contributed by atoms with Crippen LogP contribution in [0.3, 0.4) is 0 Å². The van der Waals surface area contributed by atoms with Crippen LogP contribution in [0.15, 0.2) is 48.5 Å². The number of nitrogens with zero attached hydrogens (tertiary/aromatic N) is 2. The van der Waals surface area contributed by atoms with Crippen molar-refractivity contribution in [2.45, 2.75) is 50.1 Å². The molecule has 8 nitrogen and oxygen atoms in total. The van der Waals surface area contributed by atoms with E-state index in [2.05, 4.69) is 0 Å². The summed E-state index contributed by atoms with van der Waals surface area (Å²) < 4.78 is 16.2. The molecule has 0 saturated carbocycles. The predicted octanol–water partition coefficient (Wildman–Crippen LogP) is 3.03. The highest BCUT2D eigenvalue weighted by Gasteiger charge is 2.54. The van der Waals surface area contributed by atoms with Crippen molar-refractivity contribution in [3.63, 3.8) is 0 Å². The van der Waals surface area contributed by atoms with Crippen LogP contribution >= 0.6 is 0 Å². The number of hydrogen-bond donors (Lipinski definition) is 0. The molecule has 3 heterocycles. The summed E-state index contributed by atoms with van der Waals surface area (Å²) in [5.74, 6) is 0.516. The fourth-order valence-electron chi connectivity index (χ4n) is 5.46. The molecule has 0 spiro atoms. The predicted molar refractivity (Wildman–Crippen MR) is 127 cm³/mol. The molecule has 2 atom stereocenters. The average Bonchev–Trinajstić information content (AvgIpc) is 3.43. The van der Waals surface area contributed by atoms with Gasteiger partial charge in [-0.05, 0) is 42.5 Å². The quantitative estimate of drug-likeness (QED) is 0.569. The molecule has 3 aliphatic rings. The Morgan fingerprint density at radius 1 is 1.09 bits per heavy atom. The second-order valence-corrected chi connectivity index (χ2v) is 9.47. The van der Waals surface area contributed by atoms with Gasteiger partial charge in [0.15, 0.2) is 11.5 Å². The molecule has 0 N–H and O–H groups in total. The molecule has 0 unspecified atom stereocenters. The van der Waals surface area contributed by atoms with E-state index >= 15 is 0 Å². The first-order chi connectivity index (χ1) is 17.0. The van der Waals surface area contributed by atoms with Crippen molar-refractivity contribution in [1.29, 1.82) is 0 Å². The summed E-state index contributed by atoms with van der Waals surface area (Å²) in [6.07, 6.45) is 2.77. The fraction of sp³-hybridized carbons (Fsp3) is 0.444. The van der Waals surface area contributed by atoms with Crippen molar-refractivity contribution in [3.8, 4) is 11.5 Å². The third kappa shape index (κ3) is 4.38. The minimum absolute atomic E-state index is 0.00832. The molecule has 0 aromatic heterocycles. The van der Waals surface area contributed by atoms with E-state index in [0.29, 0.717) is 30.2 Å². The maximum Gasteiger partial charge on any atom is 0.241 e. The van der Waals surface area contributed by atoms with Gasteiger partial charge in [-0.3, -0.25) is 19.3 Å². The van der Waals surface area contributed by atoms with Crippen LogP contribution < -0.4 is 9.47 Å². The Kier molecular flexibility index (Phi) is 6.47. The Balaban J connectivity index is 1.43. The molecular formula is C27H30N2O6. The van der Waals surface area contributed by atoms with Gasteiger partial charge >= 0.3 is 0 Å². The van der Waals surface area contributed by atoms with Gasteiger partial charge in [-0.25, -0.2) is 0 Å². The Morgan fingerprint density at radius 2 is 1.89 bits per heavy atom. The van der Waals surface area contributed by atoms with Gasteiger partial charge in [0.05, 0.1) is 24.6 Å². The third-order valence-corrected chi connectivity index (χ3v) is 7.27. The Labute approximate surface area is 204 Å². The van der Waals surface area contributed by atoms with E-state index < -0.39 is 5.41 Å².